The molecule has 1 heterocycles. The molecule has 15 nitrogen and oxygen atoms in total. The zero-order chi connectivity index (χ0) is 31.8. The van der Waals surface area contributed by atoms with Crippen LogP contribution in [0.2, 0.25) is 0 Å². The lowest BCUT2D eigenvalue weighted by Gasteiger charge is -2.18. The zero-order valence-electron chi connectivity index (χ0n) is 24.3. The van der Waals surface area contributed by atoms with Gasteiger partial charge in [0.2, 0.25) is 0 Å². The van der Waals surface area contributed by atoms with Crippen molar-refractivity contribution in [1.82, 2.24) is 4.57 Å². The third-order valence-electron chi connectivity index (χ3n) is 6.10. The summed E-state index contributed by atoms with van der Waals surface area (Å²) in [5.41, 5.74) is 2.23. The second kappa shape index (κ2) is 19.2. The van der Waals surface area contributed by atoms with Crippen molar-refractivity contribution in [2.24, 2.45) is 0 Å². The molecule has 0 saturated heterocycles. The summed E-state index contributed by atoms with van der Waals surface area (Å²) < 4.78 is 12.6. The van der Waals surface area contributed by atoms with Crippen LogP contribution in [0.5, 0.6) is 11.5 Å². The fourth-order valence-corrected chi connectivity index (χ4v) is 3.93. The number of hydrogen-bond acceptors (Lipinski definition) is 9. The lowest BCUT2D eigenvalue weighted by Crippen LogP contribution is -3.12. The number of para-hydroxylation sites is 1. The SMILES string of the molecule is CC[NH+](CCCn1c(C)[nH+]c2ccccc2c1=O)CCc1ccc(OC)c(OC)c1.O.O=C([O-])C(=O)O.O=C([O-])C(=O)O. The topological polar surface area (TPSA) is 245 Å². The molecular weight excluding hydrogens is 570 g/mol. The van der Waals surface area contributed by atoms with Crippen LogP contribution in [0.4, 0.5) is 0 Å². The van der Waals surface area contributed by atoms with Crippen LogP contribution in [0.25, 0.3) is 10.9 Å². The Morgan fingerprint density at radius 1 is 0.930 bits per heavy atom. The first-order valence-corrected chi connectivity index (χ1v) is 12.8. The number of aryl methyl sites for hydroxylation is 1. The van der Waals surface area contributed by atoms with E-state index >= 15 is 0 Å². The molecule has 0 bridgehead atoms. The van der Waals surface area contributed by atoms with Gasteiger partial charge in [0.1, 0.15) is 10.9 Å². The van der Waals surface area contributed by atoms with E-state index < -0.39 is 23.9 Å². The molecule has 0 radical (unpaired) electrons. The highest BCUT2D eigenvalue weighted by Crippen LogP contribution is 2.27. The molecular formula is C28H37N3O12. The Morgan fingerprint density at radius 2 is 1.49 bits per heavy atom. The first-order chi connectivity index (χ1) is 19.9. The number of fused-ring (bicyclic) bond motifs is 1. The van der Waals surface area contributed by atoms with Gasteiger partial charge < -0.3 is 49.9 Å². The van der Waals surface area contributed by atoms with E-state index in [1.165, 1.54) is 10.5 Å². The molecule has 0 saturated carbocycles. The highest BCUT2D eigenvalue weighted by atomic mass is 16.5. The Kier molecular flexibility index (Phi) is 16.9. The van der Waals surface area contributed by atoms with E-state index in [0.717, 1.165) is 67.2 Å². The summed E-state index contributed by atoms with van der Waals surface area (Å²) in [6.45, 7) is 8.05. The van der Waals surface area contributed by atoms with E-state index in [-0.39, 0.29) is 11.0 Å². The summed E-state index contributed by atoms with van der Waals surface area (Å²) in [6.07, 6.45) is 1.94. The van der Waals surface area contributed by atoms with Crippen molar-refractivity contribution in [1.29, 1.82) is 0 Å². The largest absolute Gasteiger partial charge is 0.539 e. The Morgan fingerprint density at radius 3 is 2.00 bits per heavy atom. The number of aromatic nitrogens is 2. The van der Waals surface area contributed by atoms with E-state index in [1.807, 2.05) is 41.8 Å². The van der Waals surface area contributed by atoms with Gasteiger partial charge in [0.05, 0.1) is 40.4 Å². The third kappa shape index (κ3) is 12.6. The first-order valence-electron chi connectivity index (χ1n) is 12.8. The van der Waals surface area contributed by atoms with Crippen LogP contribution in [-0.2, 0) is 32.1 Å². The molecule has 3 aromatic rings. The summed E-state index contributed by atoms with van der Waals surface area (Å²) >= 11 is 0. The third-order valence-corrected chi connectivity index (χ3v) is 6.10. The number of carbonyl (C=O) groups is 4. The Bertz CT molecular complexity index is 1390. The van der Waals surface area contributed by atoms with Crippen molar-refractivity contribution < 1.29 is 64.4 Å². The molecule has 0 spiro atoms. The highest BCUT2D eigenvalue weighted by molar-refractivity contribution is 6.26. The number of methoxy groups -OCH3 is 2. The number of aromatic amines is 1. The number of aliphatic carboxylic acids is 4. The van der Waals surface area contributed by atoms with Gasteiger partial charge in [-0.15, -0.1) is 0 Å². The quantitative estimate of drug-likeness (QED) is 0.191. The number of likely N-dealkylation sites (N-methyl/N-ethyl adjacent to an activating group) is 1. The van der Waals surface area contributed by atoms with E-state index in [9.17, 15) is 4.79 Å². The Hall–Kier alpha value is -5.02. The maximum absolute atomic E-state index is 12.8. The van der Waals surface area contributed by atoms with Gasteiger partial charge in [0.15, 0.2) is 23.4 Å². The molecule has 0 aliphatic carbocycles. The van der Waals surface area contributed by atoms with Gasteiger partial charge in [0, 0.05) is 19.8 Å². The molecule has 1 atom stereocenters. The van der Waals surface area contributed by atoms with Crippen molar-refractivity contribution in [3.8, 4) is 11.5 Å². The number of nitrogens with one attached hydrogen (secondary N) is 2. The smallest absolute Gasteiger partial charge is 0.351 e. The fourth-order valence-electron chi connectivity index (χ4n) is 3.93. The van der Waals surface area contributed by atoms with Crippen LogP contribution in [0.1, 0.15) is 24.7 Å². The lowest BCUT2D eigenvalue weighted by molar-refractivity contribution is -0.898. The number of benzene rings is 2. The number of H-pyrrole nitrogens is 1. The van der Waals surface area contributed by atoms with Crippen LogP contribution in [0.15, 0.2) is 47.3 Å². The molecule has 2 aromatic carbocycles. The molecule has 43 heavy (non-hydrogen) atoms. The summed E-state index contributed by atoms with van der Waals surface area (Å²) in [5, 5.41) is 33.4. The fraction of sp³-hybridized carbons (Fsp3) is 0.357. The van der Waals surface area contributed by atoms with Gasteiger partial charge in [-0.3, -0.25) is 0 Å². The van der Waals surface area contributed by atoms with Crippen LogP contribution in [0, 0.1) is 6.92 Å². The number of carboxylic acids is 4. The average molecular weight is 608 g/mol. The van der Waals surface area contributed by atoms with E-state index in [2.05, 4.69) is 24.0 Å². The van der Waals surface area contributed by atoms with Crippen molar-refractivity contribution in [2.75, 3.05) is 33.9 Å². The van der Waals surface area contributed by atoms with E-state index in [1.54, 1.807) is 14.2 Å². The second-order valence-corrected chi connectivity index (χ2v) is 8.79. The second-order valence-electron chi connectivity index (χ2n) is 8.79. The Balaban J connectivity index is 0.00000115. The number of rotatable bonds is 10. The number of ether oxygens (including phenoxy) is 2. The van der Waals surface area contributed by atoms with E-state index in [4.69, 9.17) is 49.1 Å². The summed E-state index contributed by atoms with van der Waals surface area (Å²) in [6, 6.07) is 13.8. The Labute approximate surface area is 246 Å². The monoisotopic (exact) mass is 607 g/mol. The number of hydrogen-bond donors (Lipinski definition) is 3. The summed E-state index contributed by atoms with van der Waals surface area (Å²) in [5.74, 6) is -5.58. The van der Waals surface area contributed by atoms with Gasteiger partial charge in [-0.05, 0) is 36.8 Å². The molecule has 6 N–H and O–H groups in total. The van der Waals surface area contributed by atoms with Gasteiger partial charge in [-0.25, -0.2) is 19.4 Å². The maximum atomic E-state index is 12.8. The van der Waals surface area contributed by atoms with Gasteiger partial charge in [0.25, 0.3) is 5.82 Å². The zero-order valence-corrected chi connectivity index (χ0v) is 24.3. The molecule has 236 valence electrons. The maximum Gasteiger partial charge on any atom is 0.351 e. The normalized spacial score (nSPS) is 10.5. The van der Waals surface area contributed by atoms with Crippen molar-refractivity contribution in [3.05, 3.63) is 64.2 Å². The van der Waals surface area contributed by atoms with E-state index in [0.29, 0.717) is 0 Å². The molecule has 1 aromatic heterocycles. The average Bonchev–Trinajstić information content (AvgIpc) is 2.96. The molecule has 15 heteroatoms. The molecule has 0 fully saturated rings. The minimum absolute atomic E-state index is 0. The summed E-state index contributed by atoms with van der Waals surface area (Å²) in [7, 11) is 3.32. The molecule has 0 amide bonds. The van der Waals surface area contributed by atoms with Crippen molar-refractivity contribution in [3.63, 3.8) is 0 Å². The molecule has 0 aliphatic heterocycles. The predicted molar refractivity (Wildman–Crippen MR) is 148 cm³/mol. The molecule has 0 aliphatic rings. The van der Waals surface area contributed by atoms with Gasteiger partial charge >= 0.3 is 17.5 Å². The van der Waals surface area contributed by atoms with Crippen LogP contribution in [-0.4, -0.2) is 78.0 Å². The minimum atomic E-state index is -2.07. The number of carbonyl (C=O) groups excluding carboxylic acids is 2. The first kappa shape index (κ1) is 38.0. The number of nitrogens with zero attached hydrogens (tertiary/aromatic N) is 1. The lowest BCUT2D eigenvalue weighted by atomic mass is 10.1. The summed E-state index contributed by atoms with van der Waals surface area (Å²) in [4.78, 5) is 53.8. The highest BCUT2D eigenvalue weighted by Gasteiger charge is 2.15. The molecule has 1 unspecified atom stereocenters. The van der Waals surface area contributed by atoms with Crippen LogP contribution in [0.3, 0.4) is 0 Å². The standard InChI is InChI=1S/C24H31N3O3.2C2H2O4.H2O/c1-5-26(16-13-19-11-12-22(29-3)23(17-19)30-4)14-8-15-27-18(2)25-21-10-7-6-9-20(21)24(27)28;2*3-1(4)2(5)6;/h6-7,9-12,17H,5,8,13-16H2,1-4H3;2*(H,3,4)(H,5,6);1H2. The van der Waals surface area contributed by atoms with Crippen LogP contribution < -0.4 is 35.1 Å². The molecule has 3 rings (SSSR count). The minimum Gasteiger partial charge on any atom is -0.539 e. The van der Waals surface area contributed by atoms with Crippen LogP contribution >= 0.6 is 0 Å². The predicted octanol–water partition coefficient (Wildman–Crippen LogP) is -3.50. The van der Waals surface area contributed by atoms with Gasteiger partial charge in [-0.1, -0.05) is 18.2 Å². The van der Waals surface area contributed by atoms with Gasteiger partial charge in [-0.2, -0.15) is 4.57 Å². The number of quaternary nitrogens is 1. The van der Waals surface area contributed by atoms with Crippen molar-refractivity contribution >= 4 is 34.8 Å². The number of carboxylic acid groups (broad SMARTS) is 4. The van der Waals surface area contributed by atoms with Crippen molar-refractivity contribution in [2.45, 2.75) is 33.2 Å².